The van der Waals surface area contributed by atoms with E-state index in [1.165, 1.54) is 37.1 Å². The van der Waals surface area contributed by atoms with Crippen molar-refractivity contribution in [2.24, 2.45) is 5.73 Å². The Morgan fingerprint density at radius 1 is 1.04 bits per heavy atom. The number of nitrogens with zero attached hydrogens (tertiary/aromatic N) is 4. The van der Waals surface area contributed by atoms with Crippen molar-refractivity contribution in [3.63, 3.8) is 0 Å². The quantitative estimate of drug-likeness (QED) is 0.626. The van der Waals surface area contributed by atoms with Gasteiger partial charge in [0.2, 0.25) is 0 Å². The molecule has 8 heteroatoms. The van der Waals surface area contributed by atoms with Gasteiger partial charge in [0.25, 0.3) is 0 Å². The summed E-state index contributed by atoms with van der Waals surface area (Å²) in [4.78, 5) is 9.61. The van der Waals surface area contributed by atoms with E-state index in [4.69, 9.17) is 15.7 Å². The van der Waals surface area contributed by atoms with E-state index < -0.39 is 0 Å². The molecule has 3 aliphatic rings. The van der Waals surface area contributed by atoms with Crippen LogP contribution in [0.25, 0.3) is 0 Å². The van der Waals surface area contributed by atoms with Gasteiger partial charge in [-0.3, -0.25) is 4.68 Å². The number of nitrogens with two attached hydrogens (primary N) is 1. The van der Waals surface area contributed by atoms with Crippen LogP contribution in [-0.2, 0) is 6.54 Å². The van der Waals surface area contributed by atoms with Gasteiger partial charge in [0.05, 0.1) is 0 Å². The maximum Gasteiger partial charge on any atom is 0.134 e. The fraction of sp³-hybridized carbons (Fsp3) is 0.650. The topological polar surface area (TPSA) is 81.6 Å². The maximum absolute atomic E-state index is 5.97. The average molecular weight is 425 g/mol. The van der Waals surface area contributed by atoms with Gasteiger partial charge in [0, 0.05) is 60.5 Å². The first-order chi connectivity index (χ1) is 12.8. The minimum absolute atomic E-state index is 0. The normalized spacial score (nSPS) is 23.3. The average Bonchev–Trinajstić information content (AvgIpc) is 3.54. The first-order valence-electron chi connectivity index (χ1n) is 10.2. The van der Waals surface area contributed by atoms with Crippen molar-refractivity contribution < 1.29 is 0 Å². The Bertz CT molecular complexity index is 781. The molecule has 0 aliphatic heterocycles. The van der Waals surface area contributed by atoms with Crippen LogP contribution in [0.2, 0.25) is 0 Å². The summed E-state index contributed by atoms with van der Waals surface area (Å²) < 4.78 is 2.18. The molecule has 3 N–H and O–H groups in total. The summed E-state index contributed by atoms with van der Waals surface area (Å²) in [6, 6.07) is 4.67. The van der Waals surface area contributed by atoms with Crippen LogP contribution < -0.4 is 11.1 Å². The molecule has 3 saturated carbocycles. The van der Waals surface area contributed by atoms with Gasteiger partial charge in [-0.05, 0) is 51.0 Å². The van der Waals surface area contributed by atoms with Crippen LogP contribution >= 0.6 is 24.8 Å². The van der Waals surface area contributed by atoms with E-state index in [2.05, 4.69) is 27.2 Å². The highest BCUT2D eigenvalue weighted by atomic mass is 35.5. The van der Waals surface area contributed by atoms with Crippen molar-refractivity contribution in [2.45, 2.75) is 75.3 Å². The number of hydrogen-bond acceptors (Lipinski definition) is 5. The van der Waals surface area contributed by atoms with Crippen molar-refractivity contribution in [3.05, 3.63) is 35.5 Å². The van der Waals surface area contributed by atoms with Crippen LogP contribution in [-0.4, -0.2) is 32.3 Å². The van der Waals surface area contributed by atoms with Gasteiger partial charge >= 0.3 is 0 Å². The number of anilines is 1. The van der Waals surface area contributed by atoms with E-state index in [9.17, 15) is 0 Å². The Morgan fingerprint density at radius 2 is 1.79 bits per heavy atom. The fourth-order valence-corrected chi connectivity index (χ4v) is 3.91. The summed E-state index contributed by atoms with van der Waals surface area (Å²) in [5, 5.41) is 8.01. The van der Waals surface area contributed by atoms with E-state index in [1.807, 2.05) is 6.20 Å². The molecule has 3 aliphatic carbocycles. The molecule has 154 valence electrons. The van der Waals surface area contributed by atoms with E-state index in [1.54, 1.807) is 0 Å². The van der Waals surface area contributed by atoms with Crippen LogP contribution in [0.15, 0.2) is 18.3 Å². The van der Waals surface area contributed by atoms with Crippen LogP contribution in [0.3, 0.4) is 0 Å². The van der Waals surface area contributed by atoms with Gasteiger partial charge in [0.15, 0.2) is 0 Å². The maximum atomic E-state index is 5.97. The molecule has 0 bridgehead atoms. The highest BCUT2D eigenvalue weighted by molar-refractivity contribution is 5.85. The molecule has 2 aromatic heterocycles. The zero-order valence-electron chi connectivity index (χ0n) is 16.1. The summed E-state index contributed by atoms with van der Waals surface area (Å²) in [5.41, 5.74) is 8.57. The summed E-state index contributed by atoms with van der Waals surface area (Å²) in [5.74, 6) is 3.88. The molecule has 3 fully saturated rings. The molecule has 0 amide bonds. The van der Waals surface area contributed by atoms with E-state index in [0.717, 1.165) is 49.9 Å². The lowest BCUT2D eigenvalue weighted by Crippen LogP contribution is -2.35. The van der Waals surface area contributed by atoms with E-state index >= 15 is 0 Å². The summed E-state index contributed by atoms with van der Waals surface area (Å²) in [7, 11) is 0. The van der Waals surface area contributed by atoms with Crippen molar-refractivity contribution >= 4 is 30.6 Å². The van der Waals surface area contributed by atoms with Gasteiger partial charge in [0.1, 0.15) is 11.6 Å². The Labute approximate surface area is 178 Å². The third-order valence-electron chi connectivity index (χ3n) is 5.90. The zero-order chi connectivity index (χ0) is 17.5. The molecule has 0 atom stereocenters. The van der Waals surface area contributed by atoms with Crippen molar-refractivity contribution in [2.75, 3.05) is 11.9 Å². The molecule has 0 saturated heterocycles. The molecule has 2 aromatic rings. The van der Waals surface area contributed by atoms with Crippen LogP contribution in [0, 0.1) is 0 Å². The molecule has 0 aromatic carbocycles. The van der Waals surface area contributed by atoms with E-state index in [-0.39, 0.29) is 24.8 Å². The second-order valence-electron chi connectivity index (χ2n) is 8.27. The van der Waals surface area contributed by atoms with Gasteiger partial charge in [-0.25, -0.2) is 9.97 Å². The molecule has 6 nitrogen and oxygen atoms in total. The second kappa shape index (κ2) is 8.97. The monoisotopic (exact) mass is 424 g/mol. The third kappa shape index (κ3) is 4.78. The Balaban J connectivity index is 0.00000112. The molecular formula is C20H30Cl2N6. The molecule has 0 radical (unpaired) electrons. The summed E-state index contributed by atoms with van der Waals surface area (Å²) in [6.45, 7) is 1.88. The first kappa shape index (κ1) is 21.3. The number of nitrogens with one attached hydrogen (secondary N) is 1. The van der Waals surface area contributed by atoms with E-state index in [0.29, 0.717) is 17.9 Å². The predicted octanol–water partition coefficient (Wildman–Crippen LogP) is 3.98. The largest absolute Gasteiger partial charge is 0.370 e. The third-order valence-corrected chi connectivity index (χ3v) is 5.90. The summed E-state index contributed by atoms with van der Waals surface area (Å²) in [6.07, 6.45) is 10.2. The second-order valence-corrected chi connectivity index (χ2v) is 8.27. The van der Waals surface area contributed by atoms with Crippen molar-refractivity contribution in [1.29, 1.82) is 0 Å². The number of hydrogen-bond donors (Lipinski definition) is 2. The number of aryl methyl sites for hydroxylation is 1. The standard InChI is InChI=1S/C20H28N6.2ClH/c21-16-10-15(11-16)17-12-19(25-20(24-17)14-4-5-14)22-7-1-9-26-18(6-8-23-26)13-2-3-13;;/h6,8,12-16H,1-5,7,9-11,21H2,(H,22,24,25);2*1H. The lowest BCUT2D eigenvalue weighted by molar-refractivity contribution is 0.344. The highest BCUT2D eigenvalue weighted by Gasteiger charge is 2.32. The zero-order valence-corrected chi connectivity index (χ0v) is 17.7. The SMILES string of the molecule is Cl.Cl.NC1CC(c2cc(NCCCn3nccc3C3CC3)nc(C3CC3)n2)C1. The Morgan fingerprint density at radius 3 is 2.46 bits per heavy atom. The van der Waals surface area contributed by atoms with Gasteiger partial charge in [-0.15, -0.1) is 24.8 Å². The lowest BCUT2D eigenvalue weighted by atomic mass is 9.78. The summed E-state index contributed by atoms with van der Waals surface area (Å²) >= 11 is 0. The van der Waals surface area contributed by atoms with Gasteiger partial charge < -0.3 is 11.1 Å². The minimum atomic E-state index is 0. The Kier molecular flexibility index (Phi) is 6.84. The fourth-order valence-electron chi connectivity index (χ4n) is 3.91. The number of halogens is 2. The molecule has 0 unspecified atom stereocenters. The smallest absolute Gasteiger partial charge is 0.134 e. The van der Waals surface area contributed by atoms with Gasteiger partial charge in [-0.1, -0.05) is 0 Å². The van der Waals surface area contributed by atoms with Crippen LogP contribution in [0.4, 0.5) is 5.82 Å². The lowest BCUT2D eigenvalue weighted by Gasteiger charge is -2.32. The highest BCUT2D eigenvalue weighted by Crippen LogP contribution is 2.41. The van der Waals surface area contributed by atoms with Crippen LogP contribution in [0.5, 0.6) is 0 Å². The molecular weight excluding hydrogens is 395 g/mol. The van der Waals surface area contributed by atoms with Crippen molar-refractivity contribution in [1.82, 2.24) is 19.7 Å². The number of aromatic nitrogens is 4. The first-order valence-corrected chi connectivity index (χ1v) is 10.2. The molecule has 28 heavy (non-hydrogen) atoms. The molecule has 2 heterocycles. The molecule has 0 spiro atoms. The van der Waals surface area contributed by atoms with Gasteiger partial charge in [-0.2, -0.15) is 5.10 Å². The number of rotatable bonds is 8. The van der Waals surface area contributed by atoms with Crippen molar-refractivity contribution in [3.8, 4) is 0 Å². The minimum Gasteiger partial charge on any atom is -0.370 e. The predicted molar refractivity (Wildman–Crippen MR) is 116 cm³/mol. The Hall–Kier alpha value is -1.37. The molecule has 5 rings (SSSR count). The van der Waals surface area contributed by atoms with Crippen LogP contribution in [0.1, 0.15) is 79.9 Å².